The molecule has 0 amide bonds. The quantitative estimate of drug-likeness (QED) is 0.630. The third kappa shape index (κ3) is 1.11. The van der Waals surface area contributed by atoms with Crippen molar-refractivity contribution in [2.45, 2.75) is 6.92 Å². The van der Waals surface area contributed by atoms with Gasteiger partial charge >= 0.3 is 0 Å². The first-order valence-corrected chi connectivity index (χ1v) is 3.85. The minimum absolute atomic E-state index is 0. The molecule has 0 spiro atoms. The Kier molecular flexibility index (Phi) is 1.47. The van der Waals surface area contributed by atoms with E-state index in [1.165, 1.54) is 5.56 Å². The van der Waals surface area contributed by atoms with Crippen LogP contribution in [0.2, 0.25) is 0 Å². The maximum absolute atomic E-state index is 10.9. The molecule has 0 aliphatic carbocycles. The van der Waals surface area contributed by atoms with Crippen LogP contribution in [0.5, 0.6) is 0 Å². The second kappa shape index (κ2) is 2.48. The summed E-state index contributed by atoms with van der Waals surface area (Å²) in [7, 11) is 0. The Morgan fingerprint density at radius 1 is 1.25 bits per heavy atom. The molecule has 1 aromatic carbocycles. The monoisotopic (exact) mass is 161 g/mol. The lowest BCUT2D eigenvalue weighted by molar-refractivity contribution is 1.30. The van der Waals surface area contributed by atoms with Crippen LogP contribution >= 0.6 is 0 Å². The Morgan fingerprint density at radius 3 is 2.92 bits per heavy atom. The second-order valence-corrected chi connectivity index (χ2v) is 2.91. The number of nitrogens with one attached hydrogen (secondary N) is 1. The number of H-pyrrole nitrogens is 1. The lowest BCUT2D eigenvalue weighted by Crippen LogP contribution is -2.01. The van der Waals surface area contributed by atoms with Crippen LogP contribution in [0, 0.1) is 6.92 Å². The van der Waals surface area contributed by atoms with Crippen molar-refractivity contribution >= 4 is 10.9 Å². The van der Waals surface area contributed by atoms with E-state index < -0.39 is 0 Å². The van der Waals surface area contributed by atoms with Crippen molar-refractivity contribution in [2.24, 2.45) is 0 Å². The highest BCUT2D eigenvalue weighted by molar-refractivity contribution is 5.78. The average Bonchev–Trinajstić information content (AvgIpc) is 2.05. The smallest absolute Gasteiger partial charge is 0.248 e. The van der Waals surface area contributed by atoms with Crippen LogP contribution < -0.4 is 5.56 Å². The molecule has 62 valence electrons. The van der Waals surface area contributed by atoms with E-state index in [4.69, 9.17) is 0 Å². The molecule has 1 aromatic heterocycles. The van der Waals surface area contributed by atoms with Crippen molar-refractivity contribution in [3.05, 3.63) is 46.2 Å². The first kappa shape index (κ1) is 7.10. The Balaban J connectivity index is 0.000000845. The molecule has 0 fully saturated rings. The molecule has 0 aliphatic heterocycles. The minimum atomic E-state index is -0.0497. The Hall–Kier alpha value is -1.57. The third-order valence-corrected chi connectivity index (χ3v) is 1.88. The van der Waals surface area contributed by atoms with E-state index in [1.807, 2.05) is 31.2 Å². The van der Waals surface area contributed by atoms with Gasteiger partial charge in [-0.1, -0.05) is 11.6 Å². The van der Waals surface area contributed by atoms with Crippen LogP contribution in [0.15, 0.2) is 35.1 Å². The molecular formula is C10H11NO. The number of rotatable bonds is 0. The molecule has 1 N–H and O–H groups in total. The Bertz CT molecular complexity index is 476. The van der Waals surface area contributed by atoms with Gasteiger partial charge < -0.3 is 4.98 Å². The molecule has 0 radical (unpaired) electrons. The summed E-state index contributed by atoms with van der Waals surface area (Å²) in [6, 6.07) is 9.33. The number of benzene rings is 1. The molecule has 0 aliphatic rings. The van der Waals surface area contributed by atoms with Crippen LogP contribution in [0.25, 0.3) is 10.9 Å². The van der Waals surface area contributed by atoms with Crippen molar-refractivity contribution < 1.29 is 1.43 Å². The average molecular weight is 161 g/mol. The predicted octanol–water partition coefficient (Wildman–Crippen LogP) is 2.08. The van der Waals surface area contributed by atoms with Gasteiger partial charge in [-0.2, -0.15) is 0 Å². The summed E-state index contributed by atoms with van der Waals surface area (Å²) in [6.45, 7) is 2.03. The largest absolute Gasteiger partial charge is 0.322 e. The van der Waals surface area contributed by atoms with Crippen molar-refractivity contribution in [1.82, 2.24) is 4.98 Å². The molecule has 12 heavy (non-hydrogen) atoms. The molecule has 2 aromatic rings. The molecule has 2 rings (SSSR count). The van der Waals surface area contributed by atoms with E-state index in [0.29, 0.717) is 0 Å². The van der Waals surface area contributed by atoms with Crippen molar-refractivity contribution in [3.8, 4) is 0 Å². The fourth-order valence-corrected chi connectivity index (χ4v) is 1.27. The highest BCUT2D eigenvalue weighted by atomic mass is 16.1. The standard InChI is InChI=1S/C10H9NO.H2/c1-7-2-4-9-8(6-7)3-5-10(12)11-9;/h2-6H,1H3,(H,11,12);1H. The van der Waals surface area contributed by atoms with Gasteiger partial charge in [0.1, 0.15) is 0 Å². The third-order valence-electron chi connectivity index (χ3n) is 1.88. The fourth-order valence-electron chi connectivity index (χ4n) is 1.27. The number of hydrogen-bond donors (Lipinski definition) is 1. The number of aromatic nitrogens is 1. The molecule has 2 nitrogen and oxygen atoms in total. The molecule has 0 unspecified atom stereocenters. The van der Waals surface area contributed by atoms with Crippen molar-refractivity contribution in [1.29, 1.82) is 0 Å². The summed E-state index contributed by atoms with van der Waals surface area (Å²) in [5, 5.41) is 1.08. The molecule has 0 bridgehead atoms. The number of aryl methyl sites for hydroxylation is 1. The number of hydrogen-bond acceptors (Lipinski definition) is 1. The van der Waals surface area contributed by atoms with Crippen molar-refractivity contribution in [3.63, 3.8) is 0 Å². The normalized spacial score (nSPS) is 10.4. The van der Waals surface area contributed by atoms with Gasteiger partial charge in [0.15, 0.2) is 0 Å². The van der Waals surface area contributed by atoms with Crippen LogP contribution in [-0.4, -0.2) is 4.98 Å². The number of fused-ring (bicyclic) bond motifs is 1. The summed E-state index contributed by atoms with van der Waals surface area (Å²) in [4.78, 5) is 13.7. The lowest BCUT2D eigenvalue weighted by Gasteiger charge is -1.97. The molecular weight excluding hydrogens is 150 g/mol. The fraction of sp³-hybridized carbons (Fsp3) is 0.100. The highest BCUT2D eigenvalue weighted by Crippen LogP contribution is 2.10. The van der Waals surface area contributed by atoms with Crippen molar-refractivity contribution in [2.75, 3.05) is 0 Å². The molecule has 2 heteroatoms. The van der Waals surface area contributed by atoms with Gasteiger partial charge in [-0.15, -0.1) is 0 Å². The topological polar surface area (TPSA) is 32.9 Å². The Labute approximate surface area is 71.3 Å². The van der Waals surface area contributed by atoms with E-state index >= 15 is 0 Å². The van der Waals surface area contributed by atoms with Gasteiger partial charge in [-0.25, -0.2) is 0 Å². The van der Waals surface area contributed by atoms with E-state index in [-0.39, 0.29) is 6.99 Å². The van der Waals surface area contributed by atoms with Crippen LogP contribution in [-0.2, 0) is 0 Å². The van der Waals surface area contributed by atoms with E-state index in [1.54, 1.807) is 6.07 Å². The summed E-state index contributed by atoms with van der Waals surface area (Å²) < 4.78 is 0. The molecule has 0 saturated heterocycles. The second-order valence-electron chi connectivity index (χ2n) is 2.91. The molecule has 0 saturated carbocycles. The van der Waals surface area contributed by atoms with Gasteiger partial charge in [-0.05, 0) is 30.5 Å². The first-order chi connectivity index (χ1) is 5.75. The summed E-state index contributed by atoms with van der Waals surface area (Å²) in [5.41, 5.74) is 2.05. The zero-order valence-electron chi connectivity index (χ0n) is 6.79. The molecule has 1 heterocycles. The first-order valence-electron chi connectivity index (χ1n) is 3.85. The number of aromatic amines is 1. The van der Waals surface area contributed by atoms with E-state index in [9.17, 15) is 4.79 Å². The van der Waals surface area contributed by atoms with Crippen LogP contribution in [0.1, 0.15) is 6.99 Å². The lowest BCUT2D eigenvalue weighted by atomic mass is 10.1. The van der Waals surface area contributed by atoms with Crippen LogP contribution in [0.4, 0.5) is 0 Å². The minimum Gasteiger partial charge on any atom is -0.322 e. The maximum Gasteiger partial charge on any atom is 0.248 e. The van der Waals surface area contributed by atoms with E-state index in [2.05, 4.69) is 4.98 Å². The highest BCUT2D eigenvalue weighted by Gasteiger charge is 1.92. The zero-order valence-corrected chi connectivity index (χ0v) is 6.79. The predicted molar refractivity (Wildman–Crippen MR) is 51.4 cm³/mol. The Morgan fingerprint density at radius 2 is 2.08 bits per heavy atom. The van der Waals surface area contributed by atoms with Gasteiger partial charge in [0.2, 0.25) is 5.56 Å². The van der Waals surface area contributed by atoms with Gasteiger partial charge in [0.25, 0.3) is 0 Å². The van der Waals surface area contributed by atoms with E-state index in [0.717, 1.165) is 10.9 Å². The number of pyridine rings is 1. The summed E-state index contributed by atoms with van der Waals surface area (Å²) in [5.74, 6) is 0. The molecule has 0 atom stereocenters. The maximum atomic E-state index is 10.9. The van der Waals surface area contributed by atoms with Gasteiger partial charge in [-0.3, -0.25) is 4.79 Å². The SMILES string of the molecule is Cc1ccc2[nH]c(=O)ccc2c1.[HH]. The summed E-state index contributed by atoms with van der Waals surface area (Å²) in [6.07, 6.45) is 0. The van der Waals surface area contributed by atoms with Gasteiger partial charge in [0.05, 0.1) is 0 Å². The zero-order chi connectivity index (χ0) is 8.55. The summed E-state index contributed by atoms with van der Waals surface area (Å²) >= 11 is 0. The van der Waals surface area contributed by atoms with Crippen LogP contribution in [0.3, 0.4) is 0 Å². The van der Waals surface area contributed by atoms with Gasteiger partial charge in [0, 0.05) is 13.0 Å².